The van der Waals surface area contributed by atoms with Gasteiger partial charge in [0.1, 0.15) is 0 Å². The number of hydrogen-bond donors (Lipinski definition) is 2. The van der Waals surface area contributed by atoms with Gasteiger partial charge in [-0.2, -0.15) is 4.72 Å². The summed E-state index contributed by atoms with van der Waals surface area (Å²) in [5, 5.41) is 2.50. The van der Waals surface area contributed by atoms with E-state index in [4.69, 9.17) is 0 Å². The fourth-order valence-electron chi connectivity index (χ4n) is 2.01. The molecule has 0 fully saturated rings. The molecular weight excluding hydrogens is 364 g/mol. The van der Waals surface area contributed by atoms with Gasteiger partial charge in [-0.15, -0.1) is 0 Å². The fraction of sp³-hybridized carbons (Fsp3) is 0.188. The van der Waals surface area contributed by atoms with Gasteiger partial charge in [0, 0.05) is 11.9 Å². The summed E-state index contributed by atoms with van der Waals surface area (Å²) in [5.41, 5.74) is 0.263. The molecule has 0 radical (unpaired) electrons. The van der Waals surface area contributed by atoms with E-state index < -0.39 is 31.8 Å². The Bertz CT molecular complexity index is 971. The Kier molecular flexibility index (Phi) is 5.61. The van der Waals surface area contributed by atoms with Crippen LogP contribution in [0.15, 0.2) is 64.4 Å². The number of benzene rings is 2. The summed E-state index contributed by atoms with van der Waals surface area (Å²) in [6.45, 7) is 1.40. The number of amides is 1. The standard InChI is InChI=1S/C16H18N2O5S2/c1-12(18-25(22,23)14-8-4-3-5-9-14)16(19)17-13-7-6-10-15(11-13)24(2,20)21/h3-12,18H,1-2H3,(H,17,19)/t12-/m0/s1. The number of hydrogen-bond acceptors (Lipinski definition) is 5. The van der Waals surface area contributed by atoms with Crippen LogP contribution in [0, 0.1) is 0 Å². The van der Waals surface area contributed by atoms with Crippen LogP contribution >= 0.6 is 0 Å². The average Bonchev–Trinajstić information content (AvgIpc) is 2.54. The Morgan fingerprint density at radius 1 is 0.920 bits per heavy atom. The van der Waals surface area contributed by atoms with Crippen LogP contribution in [0.2, 0.25) is 0 Å². The van der Waals surface area contributed by atoms with Gasteiger partial charge in [0.05, 0.1) is 15.8 Å². The lowest BCUT2D eigenvalue weighted by Crippen LogP contribution is -2.41. The zero-order chi connectivity index (χ0) is 18.7. The third kappa shape index (κ3) is 5.12. The van der Waals surface area contributed by atoms with E-state index in [0.717, 1.165) is 6.26 Å². The smallest absolute Gasteiger partial charge is 0.242 e. The van der Waals surface area contributed by atoms with Crippen molar-refractivity contribution in [2.45, 2.75) is 22.8 Å². The average molecular weight is 382 g/mol. The van der Waals surface area contributed by atoms with Gasteiger partial charge in [0.2, 0.25) is 15.9 Å². The highest BCUT2D eigenvalue weighted by Gasteiger charge is 2.22. The molecule has 2 aromatic rings. The Labute approximate surface area is 147 Å². The van der Waals surface area contributed by atoms with Crippen LogP contribution in [0.4, 0.5) is 5.69 Å². The first-order valence-corrected chi connectivity index (χ1v) is 10.7. The molecule has 0 unspecified atom stereocenters. The molecule has 9 heteroatoms. The number of carbonyl (C=O) groups excluding carboxylic acids is 1. The minimum absolute atomic E-state index is 0.0497. The van der Waals surface area contributed by atoms with Gasteiger partial charge >= 0.3 is 0 Å². The lowest BCUT2D eigenvalue weighted by atomic mass is 10.3. The molecular formula is C16H18N2O5S2. The zero-order valence-electron chi connectivity index (χ0n) is 13.6. The Morgan fingerprint density at radius 2 is 1.52 bits per heavy atom. The predicted molar refractivity (Wildman–Crippen MR) is 94.4 cm³/mol. The molecule has 1 atom stereocenters. The maximum atomic E-state index is 12.2. The van der Waals surface area contributed by atoms with Crippen molar-refractivity contribution in [1.82, 2.24) is 4.72 Å². The van der Waals surface area contributed by atoms with Crippen LogP contribution in [0.25, 0.3) is 0 Å². The molecule has 2 N–H and O–H groups in total. The van der Waals surface area contributed by atoms with Gasteiger partial charge in [-0.1, -0.05) is 24.3 Å². The van der Waals surface area contributed by atoms with Gasteiger partial charge in [-0.3, -0.25) is 4.79 Å². The fourth-order valence-corrected chi connectivity index (χ4v) is 3.90. The Morgan fingerprint density at radius 3 is 2.12 bits per heavy atom. The molecule has 0 aliphatic heterocycles. The van der Waals surface area contributed by atoms with E-state index >= 15 is 0 Å². The molecule has 0 aromatic heterocycles. The van der Waals surface area contributed by atoms with Crippen LogP contribution < -0.4 is 10.0 Å². The van der Waals surface area contributed by atoms with E-state index in [1.54, 1.807) is 18.2 Å². The van der Waals surface area contributed by atoms with Crippen molar-refractivity contribution in [3.63, 3.8) is 0 Å². The summed E-state index contributed by atoms with van der Waals surface area (Å²) in [6, 6.07) is 12.4. The van der Waals surface area contributed by atoms with E-state index in [1.165, 1.54) is 43.3 Å². The van der Waals surface area contributed by atoms with Crippen LogP contribution in [-0.4, -0.2) is 35.0 Å². The minimum Gasteiger partial charge on any atom is -0.325 e. The number of carbonyl (C=O) groups is 1. The third-order valence-electron chi connectivity index (χ3n) is 3.31. The first-order valence-electron chi connectivity index (χ1n) is 7.28. The van der Waals surface area contributed by atoms with Gasteiger partial charge in [0.25, 0.3) is 0 Å². The minimum atomic E-state index is -3.83. The van der Waals surface area contributed by atoms with Crippen molar-refractivity contribution in [1.29, 1.82) is 0 Å². The predicted octanol–water partition coefficient (Wildman–Crippen LogP) is 1.40. The van der Waals surface area contributed by atoms with Crippen LogP contribution in [-0.2, 0) is 24.7 Å². The molecule has 1 amide bonds. The maximum Gasteiger partial charge on any atom is 0.242 e. The summed E-state index contributed by atoms with van der Waals surface area (Å²) in [5.74, 6) is -0.606. The SMILES string of the molecule is C[C@H](NS(=O)(=O)c1ccccc1)C(=O)Nc1cccc(S(C)(=O)=O)c1. The number of anilines is 1. The topological polar surface area (TPSA) is 109 Å². The second kappa shape index (κ2) is 7.34. The van der Waals surface area contributed by atoms with Gasteiger partial charge in [-0.25, -0.2) is 16.8 Å². The molecule has 0 saturated carbocycles. The molecule has 0 saturated heterocycles. The van der Waals surface area contributed by atoms with Crippen LogP contribution in [0.5, 0.6) is 0 Å². The van der Waals surface area contributed by atoms with Crippen molar-refractivity contribution >= 4 is 31.5 Å². The van der Waals surface area contributed by atoms with Gasteiger partial charge in [-0.05, 0) is 37.3 Å². The number of nitrogens with one attached hydrogen (secondary N) is 2. The summed E-state index contributed by atoms with van der Waals surface area (Å²) in [4.78, 5) is 12.3. The van der Waals surface area contributed by atoms with Gasteiger partial charge < -0.3 is 5.32 Å². The molecule has 25 heavy (non-hydrogen) atoms. The Balaban J connectivity index is 2.11. The molecule has 0 aliphatic carbocycles. The largest absolute Gasteiger partial charge is 0.325 e. The normalized spacial score (nSPS) is 13.2. The molecule has 2 rings (SSSR count). The number of sulfonamides is 1. The summed E-state index contributed by atoms with van der Waals surface area (Å²) >= 11 is 0. The monoisotopic (exact) mass is 382 g/mol. The van der Waals surface area contributed by atoms with Crippen molar-refractivity contribution in [2.24, 2.45) is 0 Å². The van der Waals surface area contributed by atoms with E-state index in [9.17, 15) is 21.6 Å². The number of sulfone groups is 1. The van der Waals surface area contributed by atoms with Crippen LogP contribution in [0.1, 0.15) is 6.92 Å². The zero-order valence-corrected chi connectivity index (χ0v) is 15.3. The molecule has 0 heterocycles. The molecule has 0 spiro atoms. The summed E-state index contributed by atoms with van der Waals surface area (Å²) in [6.07, 6.45) is 1.06. The van der Waals surface area contributed by atoms with E-state index in [0.29, 0.717) is 0 Å². The van der Waals surface area contributed by atoms with Crippen molar-refractivity contribution in [2.75, 3.05) is 11.6 Å². The molecule has 7 nitrogen and oxygen atoms in total. The molecule has 0 bridgehead atoms. The van der Waals surface area contributed by atoms with E-state index in [1.807, 2.05) is 0 Å². The first kappa shape index (κ1) is 19.1. The van der Waals surface area contributed by atoms with Gasteiger partial charge in [0.15, 0.2) is 9.84 Å². The number of rotatable bonds is 6. The van der Waals surface area contributed by atoms with Crippen LogP contribution in [0.3, 0.4) is 0 Å². The van der Waals surface area contributed by atoms with E-state index in [-0.39, 0.29) is 15.5 Å². The lowest BCUT2D eigenvalue weighted by Gasteiger charge is -2.15. The quantitative estimate of drug-likeness (QED) is 0.785. The summed E-state index contributed by atoms with van der Waals surface area (Å²) < 4.78 is 49.8. The highest BCUT2D eigenvalue weighted by molar-refractivity contribution is 7.90. The third-order valence-corrected chi connectivity index (χ3v) is 5.98. The van der Waals surface area contributed by atoms with Crippen molar-refractivity contribution < 1.29 is 21.6 Å². The van der Waals surface area contributed by atoms with Crippen molar-refractivity contribution in [3.05, 3.63) is 54.6 Å². The Hall–Kier alpha value is -2.23. The molecule has 0 aliphatic rings. The molecule has 134 valence electrons. The maximum absolute atomic E-state index is 12.2. The highest BCUT2D eigenvalue weighted by atomic mass is 32.2. The molecule has 2 aromatic carbocycles. The first-order chi connectivity index (χ1) is 11.6. The van der Waals surface area contributed by atoms with E-state index in [2.05, 4.69) is 10.0 Å². The second-order valence-corrected chi connectivity index (χ2v) is 9.17. The highest BCUT2D eigenvalue weighted by Crippen LogP contribution is 2.16. The van der Waals surface area contributed by atoms with Crippen molar-refractivity contribution in [3.8, 4) is 0 Å². The second-order valence-electron chi connectivity index (χ2n) is 5.45. The summed E-state index contributed by atoms with van der Waals surface area (Å²) in [7, 11) is -7.24. The lowest BCUT2D eigenvalue weighted by molar-refractivity contribution is -0.117.